The highest BCUT2D eigenvalue weighted by molar-refractivity contribution is 5.45. The lowest BCUT2D eigenvalue weighted by Gasteiger charge is -2.30. The Balaban J connectivity index is 1.98. The van der Waals surface area contributed by atoms with Crippen molar-refractivity contribution >= 4 is 5.69 Å². The maximum absolute atomic E-state index is 13.3. The maximum Gasteiger partial charge on any atom is 0.125 e. The van der Waals surface area contributed by atoms with Crippen LogP contribution >= 0.6 is 0 Å². The van der Waals surface area contributed by atoms with Gasteiger partial charge in [-0.25, -0.2) is 4.39 Å². The first kappa shape index (κ1) is 15.3. The number of benzene rings is 1. The molecule has 0 bridgehead atoms. The fraction of sp³-hybridized carbons (Fsp3) is 0.625. The number of anilines is 1. The second-order valence-electron chi connectivity index (χ2n) is 5.54. The number of likely N-dealkylation sites (N-methyl/N-ethyl adjacent to an activating group) is 1. The van der Waals surface area contributed by atoms with E-state index < -0.39 is 0 Å². The van der Waals surface area contributed by atoms with Gasteiger partial charge in [-0.3, -0.25) is 0 Å². The first-order chi connectivity index (χ1) is 9.70. The van der Waals surface area contributed by atoms with E-state index in [2.05, 4.69) is 17.1 Å². The van der Waals surface area contributed by atoms with Crippen molar-refractivity contribution in [3.05, 3.63) is 30.1 Å². The Morgan fingerprint density at radius 1 is 1.50 bits per heavy atom. The van der Waals surface area contributed by atoms with Crippen molar-refractivity contribution in [1.82, 2.24) is 5.32 Å². The third-order valence-corrected chi connectivity index (χ3v) is 3.91. The van der Waals surface area contributed by atoms with Crippen LogP contribution in [0.25, 0.3) is 0 Å². The Labute approximate surface area is 121 Å². The van der Waals surface area contributed by atoms with Crippen LogP contribution in [-0.2, 0) is 4.74 Å². The van der Waals surface area contributed by atoms with Crippen molar-refractivity contribution in [2.24, 2.45) is 5.92 Å². The minimum absolute atomic E-state index is 0.184. The molecule has 1 aliphatic heterocycles. The average Bonchev–Trinajstić information content (AvgIpc) is 2.97. The van der Waals surface area contributed by atoms with Crippen LogP contribution in [0.5, 0.6) is 0 Å². The summed E-state index contributed by atoms with van der Waals surface area (Å²) in [5.41, 5.74) is 0.923. The van der Waals surface area contributed by atoms with Gasteiger partial charge in [-0.2, -0.15) is 0 Å². The molecule has 1 heterocycles. The minimum Gasteiger partial charge on any atom is -0.381 e. The monoisotopic (exact) mass is 280 g/mol. The lowest BCUT2D eigenvalue weighted by atomic mass is 9.98. The molecule has 0 amide bonds. The van der Waals surface area contributed by atoms with Crippen molar-refractivity contribution in [1.29, 1.82) is 0 Å². The number of rotatable bonds is 7. The van der Waals surface area contributed by atoms with Crippen LogP contribution in [0.15, 0.2) is 24.3 Å². The number of hydrogen-bond acceptors (Lipinski definition) is 3. The van der Waals surface area contributed by atoms with Gasteiger partial charge < -0.3 is 15.0 Å². The standard InChI is InChI=1S/C16H25FN2O/c1-3-8-18-16(13-7-9-20-12-13)11-19(2)15-6-4-5-14(17)10-15/h4-6,10,13,16,18H,3,7-9,11-12H2,1-2H3. The zero-order valence-corrected chi connectivity index (χ0v) is 12.4. The van der Waals surface area contributed by atoms with Gasteiger partial charge in [-0.15, -0.1) is 0 Å². The molecule has 2 atom stereocenters. The molecule has 2 unspecified atom stereocenters. The molecule has 0 radical (unpaired) electrons. The molecule has 2 rings (SSSR count). The average molecular weight is 280 g/mol. The van der Waals surface area contributed by atoms with Crippen molar-refractivity contribution in [3.63, 3.8) is 0 Å². The SMILES string of the molecule is CCCNC(CN(C)c1cccc(F)c1)C1CCOC1. The predicted octanol–water partition coefficient (Wildman–Crippen LogP) is 2.67. The number of hydrogen-bond donors (Lipinski definition) is 1. The second-order valence-corrected chi connectivity index (χ2v) is 5.54. The summed E-state index contributed by atoms with van der Waals surface area (Å²) in [4.78, 5) is 2.12. The van der Waals surface area contributed by atoms with E-state index in [1.165, 1.54) is 6.07 Å². The molecule has 0 aromatic heterocycles. The molecular weight excluding hydrogens is 255 g/mol. The van der Waals surface area contributed by atoms with Gasteiger partial charge in [0, 0.05) is 37.8 Å². The highest BCUT2D eigenvalue weighted by Gasteiger charge is 2.26. The summed E-state index contributed by atoms with van der Waals surface area (Å²) in [6.45, 7) is 5.75. The van der Waals surface area contributed by atoms with Gasteiger partial charge in [0.2, 0.25) is 0 Å². The van der Waals surface area contributed by atoms with Gasteiger partial charge in [0.1, 0.15) is 5.82 Å². The fourth-order valence-corrected chi connectivity index (χ4v) is 2.69. The summed E-state index contributed by atoms with van der Waals surface area (Å²) in [5, 5.41) is 3.61. The molecule has 1 aromatic carbocycles. The molecule has 20 heavy (non-hydrogen) atoms. The highest BCUT2D eigenvalue weighted by atomic mass is 19.1. The lowest BCUT2D eigenvalue weighted by molar-refractivity contribution is 0.177. The zero-order chi connectivity index (χ0) is 14.4. The Bertz CT molecular complexity index is 407. The Morgan fingerprint density at radius 2 is 2.35 bits per heavy atom. The van der Waals surface area contributed by atoms with E-state index in [0.29, 0.717) is 12.0 Å². The first-order valence-corrected chi connectivity index (χ1v) is 7.48. The molecule has 3 nitrogen and oxygen atoms in total. The minimum atomic E-state index is -0.184. The third-order valence-electron chi connectivity index (χ3n) is 3.91. The molecule has 4 heteroatoms. The van der Waals surface area contributed by atoms with Gasteiger partial charge in [0.05, 0.1) is 6.61 Å². The van der Waals surface area contributed by atoms with Gasteiger partial charge in [0.25, 0.3) is 0 Å². The van der Waals surface area contributed by atoms with Crippen LogP contribution in [0.2, 0.25) is 0 Å². The molecule has 0 aliphatic carbocycles. The molecule has 1 fully saturated rings. The van der Waals surface area contributed by atoms with Crippen LogP contribution in [0.1, 0.15) is 19.8 Å². The van der Waals surface area contributed by atoms with Gasteiger partial charge >= 0.3 is 0 Å². The summed E-state index contributed by atoms with van der Waals surface area (Å²) in [6.07, 6.45) is 2.23. The van der Waals surface area contributed by atoms with E-state index in [9.17, 15) is 4.39 Å². The summed E-state index contributed by atoms with van der Waals surface area (Å²) >= 11 is 0. The van der Waals surface area contributed by atoms with Gasteiger partial charge in [-0.05, 0) is 37.6 Å². The number of nitrogens with one attached hydrogen (secondary N) is 1. The quantitative estimate of drug-likeness (QED) is 0.831. The lowest BCUT2D eigenvalue weighted by Crippen LogP contribution is -2.45. The van der Waals surface area contributed by atoms with E-state index in [0.717, 1.165) is 44.8 Å². The number of ether oxygens (including phenoxy) is 1. The number of nitrogens with zero attached hydrogens (tertiary/aromatic N) is 1. The summed E-state index contributed by atoms with van der Waals surface area (Å²) in [7, 11) is 2.02. The van der Waals surface area contributed by atoms with Crippen LogP contribution in [-0.4, -0.2) is 39.4 Å². The summed E-state index contributed by atoms with van der Waals surface area (Å²) in [6, 6.07) is 7.17. The second kappa shape index (κ2) is 7.60. The zero-order valence-electron chi connectivity index (χ0n) is 12.4. The number of halogens is 1. The maximum atomic E-state index is 13.3. The van der Waals surface area contributed by atoms with Gasteiger partial charge in [-0.1, -0.05) is 13.0 Å². The van der Waals surface area contributed by atoms with Crippen LogP contribution < -0.4 is 10.2 Å². The normalized spacial score (nSPS) is 20.1. The third kappa shape index (κ3) is 4.18. The first-order valence-electron chi connectivity index (χ1n) is 7.48. The fourth-order valence-electron chi connectivity index (χ4n) is 2.69. The van der Waals surface area contributed by atoms with E-state index in [1.807, 2.05) is 13.1 Å². The van der Waals surface area contributed by atoms with Crippen LogP contribution in [0.4, 0.5) is 10.1 Å². The molecule has 1 aromatic rings. The van der Waals surface area contributed by atoms with Crippen molar-refractivity contribution in [2.75, 3.05) is 38.3 Å². The molecule has 0 spiro atoms. The van der Waals surface area contributed by atoms with E-state index in [1.54, 1.807) is 12.1 Å². The van der Waals surface area contributed by atoms with E-state index in [4.69, 9.17) is 4.74 Å². The molecule has 112 valence electrons. The van der Waals surface area contributed by atoms with Crippen molar-refractivity contribution in [3.8, 4) is 0 Å². The van der Waals surface area contributed by atoms with E-state index >= 15 is 0 Å². The topological polar surface area (TPSA) is 24.5 Å². The molecule has 0 saturated carbocycles. The Kier molecular flexibility index (Phi) is 5.80. The smallest absolute Gasteiger partial charge is 0.125 e. The van der Waals surface area contributed by atoms with Crippen molar-refractivity contribution < 1.29 is 9.13 Å². The van der Waals surface area contributed by atoms with Crippen molar-refractivity contribution in [2.45, 2.75) is 25.8 Å². The van der Waals surface area contributed by atoms with Crippen LogP contribution in [0.3, 0.4) is 0 Å². The largest absolute Gasteiger partial charge is 0.381 e. The highest BCUT2D eigenvalue weighted by Crippen LogP contribution is 2.20. The Hall–Kier alpha value is -1.13. The van der Waals surface area contributed by atoms with Gasteiger partial charge in [0.15, 0.2) is 0 Å². The van der Waals surface area contributed by atoms with E-state index in [-0.39, 0.29) is 5.82 Å². The summed E-state index contributed by atoms with van der Waals surface area (Å²) in [5.74, 6) is 0.370. The molecule has 1 aliphatic rings. The molecule has 1 N–H and O–H groups in total. The summed E-state index contributed by atoms with van der Waals surface area (Å²) < 4.78 is 18.8. The molecular formula is C16H25FN2O. The Morgan fingerprint density at radius 3 is 3.00 bits per heavy atom. The predicted molar refractivity (Wildman–Crippen MR) is 80.7 cm³/mol. The molecule has 1 saturated heterocycles. The van der Waals surface area contributed by atoms with Crippen LogP contribution in [0, 0.1) is 11.7 Å².